The summed E-state index contributed by atoms with van der Waals surface area (Å²) in [6.45, 7) is 6.21. The summed E-state index contributed by atoms with van der Waals surface area (Å²) in [5.41, 5.74) is 4.73. The molecule has 0 spiro atoms. The van der Waals surface area contributed by atoms with Crippen molar-refractivity contribution in [2.24, 2.45) is 5.10 Å². The van der Waals surface area contributed by atoms with Gasteiger partial charge in [0.25, 0.3) is 0 Å². The van der Waals surface area contributed by atoms with Gasteiger partial charge in [-0.15, -0.1) is 13.0 Å². The van der Waals surface area contributed by atoms with Crippen LogP contribution < -0.4 is 14.9 Å². The molecule has 0 aliphatic heterocycles. The highest BCUT2D eigenvalue weighted by atomic mass is 19.1. The number of ether oxygens (including phenoxy) is 2. The van der Waals surface area contributed by atoms with Crippen LogP contribution in [0, 0.1) is 18.2 Å². The standard InChI is InChI=1S/C23H23FN2O3/c1-4-7-19-13-18(14-21(28-6-3)23(19)29-12-5-2)16-25-26-22(27)15-17-8-10-20(24)11-9-17/h2,4,8-11,13-14,16H,1,6-7,12,15H2,3H3,(H,26,27)/b25-16+. The van der Waals surface area contributed by atoms with Crippen molar-refractivity contribution in [3.05, 3.63) is 71.6 Å². The van der Waals surface area contributed by atoms with Crippen LogP contribution in [0.1, 0.15) is 23.6 Å². The largest absolute Gasteiger partial charge is 0.490 e. The van der Waals surface area contributed by atoms with E-state index in [-0.39, 0.29) is 24.8 Å². The molecule has 0 heterocycles. The second-order valence-corrected chi connectivity index (χ2v) is 6.02. The maximum Gasteiger partial charge on any atom is 0.244 e. The van der Waals surface area contributed by atoms with Crippen molar-refractivity contribution in [2.75, 3.05) is 13.2 Å². The number of terminal acetylenes is 1. The Labute approximate surface area is 170 Å². The fourth-order valence-corrected chi connectivity index (χ4v) is 2.61. The molecule has 1 N–H and O–H groups in total. The number of carbonyl (C=O) groups is 1. The van der Waals surface area contributed by atoms with Gasteiger partial charge in [-0.3, -0.25) is 4.79 Å². The van der Waals surface area contributed by atoms with E-state index in [4.69, 9.17) is 15.9 Å². The van der Waals surface area contributed by atoms with Gasteiger partial charge in [0.15, 0.2) is 11.5 Å². The summed E-state index contributed by atoms with van der Waals surface area (Å²) in [4.78, 5) is 12.0. The summed E-state index contributed by atoms with van der Waals surface area (Å²) >= 11 is 0. The first-order valence-electron chi connectivity index (χ1n) is 9.10. The molecule has 0 saturated carbocycles. The third-order valence-electron chi connectivity index (χ3n) is 3.80. The van der Waals surface area contributed by atoms with E-state index in [1.807, 2.05) is 13.0 Å². The fourth-order valence-electron chi connectivity index (χ4n) is 2.61. The van der Waals surface area contributed by atoms with E-state index in [0.29, 0.717) is 30.1 Å². The van der Waals surface area contributed by atoms with Gasteiger partial charge in [-0.2, -0.15) is 5.10 Å². The quantitative estimate of drug-likeness (QED) is 0.290. The number of rotatable bonds is 10. The van der Waals surface area contributed by atoms with Crippen LogP contribution in [0.5, 0.6) is 11.5 Å². The maximum absolute atomic E-state index is 12.9. The van der Waals surface area contributed by atoms with E-state index in [1.54, 1.807) is 24.3 Å². The van der Waals surface area contributed by atoms with Gasteiger partial charge in [0, 0.05) is 5.56 Å². The van der Waals surface area contributed by atoms with Crippen molar-refractivity contribution in [1.29, 1.82) is 0 Å². The van der Waals surface area contributed by atoms with E-state index < -0.39 is 0 Å². The van der Waals surface area contributed by atoms with Crippen molar-refractivity contribution < 1.29 is 18.7 Å². The maximum atomic E-state index is 12.9. The van der Waals surface area contributed by atoms with Crippen molar-refractivity contribution in [2.45, 2.75) is 19.8 Å². The summed E-state index contributed by atoms with van der Waals surface area (Å²) in [5, 5.41) is 4.00. The Bertz CT molecular complexity index is 915. The van der Waals surface area contributed by atoms with Crippen molar-refractivity contribution in [1.82, 2.24) is 5.43 Å². The molecule has 0 aromatic heterocycles. The van der Waals surface area contributed by atoms with E-state index in [1.165, 1.54) is 18.3 Å². The highest BCUT2D eigenvalue weighted by Crippen LogP contribution is 2.33. The summed E-state index contributed by atoms with van der Waals surface area (Å²) in [6, 6.07) is 9.37. The molecule has 0 atom stereocenters. The van der Waals surface area contributed by atoms with Gasteiger partial charge in [-0.05, 0) is 48.7 Å². The van der Waals surface area contributed by atoms with Crippen molar-refractivity contribution >= 4 is 12.1 Å². The predicted octanol–water partition coefficient (Wildman–Crippen LogP) is 3.66. The molecule has 0 bridgehead atoms. The van der Waals surface area contributed by atoms with Crippen LogP contribution in [0.15, 0.2) is 54.2 Å². The minimum Gasteiger partial charge on any atom is -0.490 e. The lowest BCUT2D eigenvalue weighted by atomic mass is 10.1. The molecule has 150 valence electrons. The van der Waals surface area contributed by atoms with Gasteiger partial charge in [0.2, 0.25) is 5.91 Å². The molecule has 0 fully saturated rings. The number of benzene rings is 2. The molecular formula is C23H23FN2O3. The molecule has 6 heteroatoms. The van der Waals surface area contributed by atoms with Crippen LogP contribution in [0.25, 0.3) is 0 Å². The van der Waals surface area contributed by atoms with Gasteiger partial charge in [-0.1, -0.05) is 24.1 Å². The lowest BCUT2D eigenvalue weighted by molar-refractivity contribution is -0.120. The number of allylic oxidation sites excluding steroid dienone is 1. The van der Waals surface area contributed by atoms with Gasteiger partial charge in [-0.25, -0.2) is 9.82 Å². The lowest BCUT2D eigenvalue weighted by Gasteiger charge is -2.15. The monoisotopic (exact) mass is 394 g/mol. The number of halogens is 1. The first kappa shape index (κ1) is 21.7. The van der Waals surface area contributed by atoms with Gasteiger partial charge >= 0.3 is 0 Å². The Morgan fingerprint density at radius 1 is 1.31 bits per heavy atom. The molecule has 2 aromatic carbocycles. The Morgan fingerprint density at radius 2 is 2.07 bits per heavy atom. The topological polar surface area (TPSA) is 59.9 Å². The lowest BCUT2D eigenvalue weighted by Crippen LogP contribution is -2.19. The molecule has 0 radical (unpaired) electrons. The van der Waals surface area contributed by atoms with Crippen molar-refractivity contribution in [3.63, 3.8) is 0 Å². The number of hydrogen-bond acceptors (Lipinski definition) is 4. The SMILES string of the molecule is C#CCOc1c(CC=C)cc(/C=N/NC(=O)Cc2ccc(F)cc2)cc1OCC. The zero-order chi connectivity index (χ0) is 21.1. The Hall–Kier alpha value is -3.59. The molecule has 0 unspecified atom stereocenters. The second-order valence-electron chi connectivity index (χ2n) is 6.02. The molecule has 0 aliphatic rings. The van der Waals surface area contributed by atoms with Crippen LogP contribution in [-0.2, 0) is 17.6 Å². The highest BCUT2D eigenvalue weighted by molar-refractivity contribution is 5.84. The summed E-state index contributed by atoms with van der Waals surface area (Å²) in [5.74, 6) is 2.90. The zero-order valence-electron chi connectivity index (χ0n) is 16.3. The third-order valence-corrected chi connectivity index (χ3v) is 3.80. The molecular weight excluding hydrogens is 371 g/mol. The first-order chi connectivity index (χ1) is 14.1. The molecule has 5 nitrogen and oxygen atoms in total. The minimum absolute atomic E-state index is 0.0996. The van der Waals surface area contributed by atoms with Crippen molar-refractivity contribution in [3.8, 4) is 23.8 Å². The second kappa shape index (κ2) is 11.3. The summed E-state index contributed by atoms with van der Waals surface area (Å²) in [6.07, 6.45) is 9.21. The Kier molecular flexibility index (Phi) is 8.46. The van der Waals surface area contributed by atoms with E-state index >= 15 is 0 Å². The molecule has 0 saturated heterocycles. The Morgan fingerprint density at radius 3 is 2.72 bits per heavy atom. The van der Waals surface area contributed by atoms with Crippen LogP contribution >= 0.6 is 0 Å². The third kappa shape index (κ3) is 6.82. The van der Waals surface area contributed by atoms with E-state index in [0.717, 1.165) is 11.1 Å². The van der Waals surface area contributed by atoms with E-state index in [2.05, 4.69) is 23.0 Å². The highest BCUT2D eigenvalue weighted by Gasteiger charge is 2.12. The molecule has 2 aromatic rings. The summed E-state index contributed by atoms with van der Waals surface area (Å²) < 4.78 is 24.2. The first-order valence-corrected chi connectivity index (χ1v) is 9.10. The number of hydrazone groups is 1. The number of hydrogen-bond donors (Lipinski definition) is 1. The molecule has 1 amide bonds. The normalized spacial score (nSPS) is 10.4. The van der Waals surface area contributed by atoms with Crippen LogP contribution in [0.2, 0.25) is 0 Å². The summed E-state index contributed by atoms with van der Waals surface area (Å²) in [7, 11) is 0. The van der Waals surface area contributed by atoms with Gasteiger partial charge in [0.1, 0.15) is 12.4 Å². The zero-order valence-corrected chi connectivity index (χ0v) is 16.3. The average molecular weight is 394 g/mol. The van der Waals surface area contributed by atoms with E-state index in [9.17, 15) is 9.18 Å². The minimum atomic E-state index is -0.345. The van der Waals surface area contributed by atoms with Crippen LogP contribution in [-0.4, -0.2) is 25.3 Å². The number of nitrogens with zero attached hydrogens (tertiary/aromatic N) is 1. The average Bonchev–Trinajstić information content (AvgIpc) is 2.70. The van der Waals surface area contributed by atoms with Crippen LogP contribution in [0.3, 0.4) is 0 Å². The number of amides is 1. The molecule has 0 aliphatic carbocycles. The van der Waals surface area contributed by atoms with Crippen LogP contribution in [0.4, 0.5) is 4.39 Å². The number of carbonyl (C=O) groups excluding carboxylic acids is 1. The Balaban J connectivity index is 2.13. The van der Waals surface area contributed by atoms with Gasteiger partial charge < -0.3 is 9.47 Å². The fraction of sp³-hybridized carbons (Fsp3) is 0.217. The smallest absolute Gasteiger partial charge is 0.244 e. The predicted molar refractivity (Wildman–Crippen MR) is 112 cm³/mol. The van der Waals surface area contributed by atoms with Gasteiger partial charge in [0.05, 0.1) is 19.2 Å². The number of nitrogens with one attached hydrogen (secondary N) is 1. The molecule has 2 rings (SSSR count). The molecule has 29 heavy (non-hydrogen) atoms.